The van der Waals surface area contributed by atoms with Gasteiger partial charge in [0.25, 0.3) is 0 Å². The van der Waals surface area contributed by atoms with Crippen molar-refractivity contribution in [3.8, 4) is 0 Å². The van der Waals surface area contributed by atoms with Crippen LogP contribution in [0.4, 0.5) is 0 Å². The third-order valence-corrected chi connectivity index (χ3v) is 3.53. The van der Waals surface area contributed by atoms with Crippen LogP contribution in [0.15, 0.2) is 42.5 Å². The van der Waals surface area contributed by atoms with E-state index in [0.29, 0.717) is 26.2 Å². The minimum absolute atomic E-state index is 0.0886. The molecule has 0 unspecified atom stereocenters. The molecular formula is C19H26O5. The molecule has 5 nitrogen and oxygen atoms in total. The molecule has 2 atom stereocenters. The average Bonchev–Trinajstić information content (AvgIpc) is 2.53. The molecule has 1 fully saturated rings. The van der Waals surface area contributed by atoms with Gasteiger partial charge in [0, 0.05) is 12.5 Å². The van der Waals surface area contributed by atoms with Crippen LogP contribution in [-0.4, -0.2) is 37.2 Å². The quantitative estimate of drug-likeness (QED) is 0.566. The SMILES string of the molecule is CCOC(=O)/C=C/[C@H]1C[C@H](COCc2ccccc2)OC(C)(C)O1. The monoisotopic (exact) mass is 334 g/mol. The van der Waals surface area contributed by atoms with Crippen molar-refractivity contribution in [3.63, 3.8) is 0 Å². The van der Waals surface area contributed by atoms with E-state index < -0.39 is 5.79 Å². The lowest BCUT2D eigenvalue weighted by atomic mass is 10.1. The smallest absolute Gasteiger partial charge is 0.330 e. The van der Waals surface area contributed by atoms with Crippen LogP contribution in [0.3, 0.4) is 0 Å². The van der Waals surface area contributed by atoms with Gasteiger partial charge in [-0.3, -0.25) is 0 Å². The molecule has 1 aliphatic heterocycles. The molecular weight excluding hydrogens is 308 g/mol. The number of benzene rings is 1. The Bertz CT molecular complexity index is 538. The molecule has 132 valence electrons. The van der Waals surface area contributed by atoms with Crippen LogP contribution >= 0.6 is 0 Å². The molecule has 0 aliphatic carbocycles. The minimum Gasteiger partial charge on any atom is -0.463 e. The van der Waals surface area contributed by atoms with E-state index >= 15 is 0 Å². The second-order valence-electron chi connectivity index (χ2n) is 6.14. The molecule has 0 saturated carbocycles. The third kappa shape index (κ3) is 6.43. The Balaban J connectivity index is 1.84. The van der Waals surface area contributed by atoms with Crippen LogP contribution in [0.5, 0.6) is 0 Å². The zero-order valence-corrected chi connectivity index (χ0v) is 14.6. The van der Waals surface area contributed by atoms with Gasteiger partial charge in [0.15, 0.2) is 5.79 Å². The van der Waals surface area contributed by atoms with E-state index in [9.17, 15) is 4.79 Å². The normalized spacial score (nSPS) is 23.3. The Kier molecular flexibility index (Phi) is 6.97. The number of ether oxygens (including phenoxy) is 4. The molecule has 5 heteroatoms. The van der Waals surface area contributed by atoms with Gasteiger partial charge in [-0.25, -0.2) is 4.79 Å². The molecule has 0 aromatic heterocycles. The first-order valence-electron chi connectivity index (χ1n) is 8.31. The molecule has 0 N–H and O–H groups in total. The highest BCUT2D eigenvalue weighted by atomic mass is 16.7. The van der Waals surface area contributed by atoms with Crippen LogP contribution in [0, 0.1) is 0 Å². The molecule has 1 heterocycles. The van der Waals surface area contributed by atoms with Crippen LogP contribution < -0.4 is 0 Å². The maximum absolute atomic E-state index is 11.4. The van der Waals surface area contributed by atoms with Crippen molar-refractivity contribution in [2.45, 2.75) is 51.8 Å². The summed E-state index contributed by atoms with van der Waals surface area (Å²) in [5, 5.41) is 0. The van der Waals surface area contributed by atoms with Gasteiger partial charge in [0.05, 0.1) is 32.0 Å². The van der Waals surface area contributed by atoms with Gasteiger partial charge in [-0.1, -0.05) is 30.3 Å². The lowest BCUT2D eigenvalue weighted by Crippen LogP contribution is -2.45. The predicted molar refractivity (Wildman–Crippen MR) is 90.3 cm³/mol. The van der Waals surface area contributed by atoms with E-state index in [1.165, 1.54) is 6.08 Å². The van der Waals surface area contributed by atoms with Crippen molar-refractivity contribution in [3.05, 3.63) is 48.0 Å². The second-order valence-corrected chi connectivity index (χ2v) is 6.14. The molecule has 1 aromatic carbocycles. The highest BCUT2D eigenvalue weighted by Gasteiger charge is 2.34. The van der Waals surface area contributed by atoms with Gasteiger partial charge in [-0.2, -0.15) is 0 Å². The fraction of sp³-hybridized carbons (Fsp3) is 0.526. The Hall–Kier alpha value is -1.69. The zero-order valence-electron chi connectivity index (χ0n) is 14.6. The van der Waals surface area contributed by atoms with Gasteiger partial charge < -0.3 is 18.9 Å². The molecule has 1 saturated heterocycles. The Labute approximate surface area is 143 Å². The zero-order chi connectivity index (χ0) is 17.4. The van der Waals surface area contributed by atoms with Gasteiger partial charge in [0.2, 0.25) is 0 Å². The summed E-state index contributed by atoms with van der Waals surface area (Å²) >= 11 is 0. The summed E-state index contributed by atoms with van der Waals surface area (Å²) in [6, 6.07) is 10.0. The maximum Gasteiger partial charge on any atom is 0.330 e. The van der Waals surface area contributed by atoms with Crippen LogP contribution in [0.2, 0.25) is 0 Å². The fourth-order valence-electron chi connectivity index (χ4n) is 2.63. The highest BCUT2D eigenvalue weighted by Crippen LogP contribution is 2.27. The molecule has 24 heavy (non-hydrogen) atoms. The van der Waals surface area contributed by atoms with E-state index in [-0.39, 0.29) is 18.2 Å². The Morgan fingerprint density at radius 2 is 2.04 bits per heavy atom. The van der Waals surface area contributed by atoms with Gasteiger partial charge in [0.1, 0.15) is 0 Å². The first kappa shape index (κ1) is 18.6. The van der Waals surface area contributed by atoms with E-state index in [1.54, 1.807) is 13.0 Å². The highest BCUT2D eigenvalue weighted by molar-refractivity contribution is 5.81. The number of carbonyl (C=O) groups excluding carboxylic acids is 1. The summed E-state index contributed by atoms with van der Waals surface area (Å²) in [4.78, 5) is 11.4. The van der Waals surface area contributed by atoms with E-state index in [1.807, 2.05) is 44.2 Å². The summed E-state index contributed by atoms with van der Waals surface area (Å²) in [6.07, 6.45) is 3.48. The first-order chi connectivity index (χ1) is 11.5. The van der Waals surface area contributed by atoms with Crippen LogP contribution in [0.25, 0.3) is 0 Å². The van der Waals surface area contributed by atoms with Gasteiger partial charge in [-0.15, -0.1) is 0 Å². The van der Waals surface area contributed by atoms with Crippen molar-refractivity contribution in [2.24, 2.45) is 0 Å². The number of rotatable bonds is 7. The fourth-order valence-corrected chi connectivity index (χ4v) is 2.63. The van der Waals surface area contributed by atoms with Gasteiger partial charge in [-0.05, 0) is 32.4 Å². The van der Waals surface area contributed by atoms with Gasteiger partial charge >= 0.3 is 5.97 Å². The summed E-state index contributed by atoms with van der Waals surface area (Å²) < 4.78 is 22.4. The first-order valence-corrected chi connectivity index (χ1v) is 8.31. The maximum atomic E-state index is 11.4. The summed E-state index contributed by atoms with van der Waals surface area (Å²) in [7, 11) is 0. The van der Waals surface area contributed by atoms with E-state index in [4.69, 9.17) is 18.9 Å². The lowest BCUT2D eigenvalue weighted by molar-refractivity contribution is -0.297. The molecule has 0 amide bonds. The number of carbonyl (C=O) groups is 1. The van der Waals surface area contributed by atoms with Crippen LogP contribution in [-0.2, 0) is 30.3 Å². The van der Waals surface area contributed by atoms with E-state index in [2.05, 4.69) is 0 Å². The summed E-state index contributed by atoms with van der Waals surface area (Å²) in [6.45, 7) is 6.89. The molecule has 0 bridgehead atoms. The van der Waals surface area contributed by atoms with Crippen molar-refractivity contribution in [2.75, 3.05) is 13.2 Å². The molecule has 1 aromatic rings. The molecule has 1 aliphatic rings. The Morgan fingerprint density at radius 3 is 2.75 bits per heavy atom. The second kappa shape index (κ2) is 8.97. The Morgan fingerprint density at radius 1 is 1.29 bits per heavy atom. The number of esters is 1. The standard InChI is InChI=1S/C19H26O5/c1-4-22-18(20)11-10-16-12-17(24-19(2,3)23-16)14-21-13-15-8-6-5-7-9-15/h5-11,16-17H,4,12-14H2,1-3H3/b11-10+/t16-,17+/m0/s1. The molecule has 0 radical (unpaired) electrons. The average molecular weight is 334 g/mol. The number of hydrogen-bond acceptors (Lipinski definition) is 5. The van der Waals surface area contributed by atoms with Crippen molar-refractivity contribution >= 4 is 5.97 Å². The lowest BCUT2D eigenvalue weighted by Gasteiger charge is -2.39. The van der Waals surface area contributed by atoms with Crippen molar-refractivity contribution in [1.82, 2.24) is 0 Å². The molecule has 0 spiro atoms. The summed E-state index contributed by atoms with van der Waals surface area (Å²) in [5.41, 5.74) is 1.13. The minimum atomic E-state index is -0.720. The molecule has 2 rings (SSSR count). The topological polar surface area (TPSA) is 54.0 Å². The van der Waals surface area contributed by atoms with Crippen LogP contribution in [0.1, 0.15) is 32.8 Å². The number of hydrogen-bond donors (Lipinski definition) is 0. The summed E-state index contributed by atoms with van der Waals surface area (Å²) in [5.74, 6) is -1.08. The van der Waals surface area contributed by atoms with Crippen molar-refractivity contribution in [1.29, 1.82) is 0 Å². The largest absolute Gasteiger partial charge is 0.463 e. The third-order valence-electron chi connectivity index (χ3n) is 3.53. The van der Waals surface area contributed by atoms with E-state index in [0.717, 1.165) is 5.56 Å². The predicted octanol–water partition coefficient (Wildman–Crippen LogP) is 3.23. The van der Waals surface area contributed by atoms with Crippen molar-refractivity contribution < 1.29 is 23.7 Å².